The lowest BCUT2D eigenvalue weighted by atomic mass is 10.1. The van der Waals surface area contributed by atoms with Gasteiger partial charge < -0.3 is 9.72 Å². The first-order valence-electron chi connectivity index (χ1n) is 5.54. The zero-order valence-corrected chi connectivity index (χ0v) is 10.8. The fourth-order valence-corrected chi connectivity index (χ4v) is 1.91. The average Bonchev–Trinajstić information content (AvgIpc) is 2.34. The Labute approximate surface area is 109 Å². The number of hydrogen-bond acceptors (Lipinski definition) is 3. The van der Waals surface area contributed by atoms with Crippen molar-refractivity contribution in [1.82, 2.24) is 4.98 Å². The summed E-state index contributed by atoms with van der Waals surface area (Å²) in [4.78, 5) is 26.4. The molecule has 0 aliphatic heterocycles. The second kappa shape index (κ2) is 4.82. The van der Waals surface area contributed by atoms with Gasteiger partial charge in [-0.2, -0.15) is 0 Å². The molecule has 5 heteroatoms. The number of esters is 1. The first kappa shape index (κ1) is 12.6. The van der Waals surface area contributed by atoms with Gasteiger partial charge in [-0.25, -0.2) is 4.79 Å². The number of aryl methyl sites for hydroxylation is 1. The lowest BCUT2D eigenvalue weighted by Gasteiger charge is -2.07. The monoisotopic (exact) mass is 265 g/mol. The van der Waals surface area contributed by atoms with Crippen molar-refractivity contribution in [1.29, 1.82) is 0 Å². The van der Waals surface area contributed by atoms with Crippen LogP contribution in [0.1, 0.15) is 23.0 Å². The minimum Gasteiger partial charge on any atom is -0.461 e. The Morgan fingerprint density at radius 3 is 2.83 bits per heavy atom. The predicted octanol–water partition coefficient (Wildman–Crippen LogP) is 2.67. The molecule has 0 saturated heterocycles. The van der Waals surface area contributed by atoms with Crippen molar-refractivity contribution in [3.8, 4) is 0 Å². The molecular weight excluding hydrogens is 254 g/mol. The van der Waals surface area contributed by atoms with Gasteiger partial charge in [0.25, 0.3) is 0 Å². The van der Waals surface area contributed by atoms with E-state index in [1.54, 1.807) is 26.0 Å². The Hall–Kier alpha value is -1.81. The van der Waals surface area contributed by atoms with Gasteiger partial charge in [0, 0.05) is 16.5 Å². The second-order valence-corrected chi connectivity index (χ2v) is 4.27. The van der Waals surface area contributed by atoms with Crippen LogP contribution in [0.5, 0.6) is 0 Å². The molecule has 1 heterocycles. The van der Waals surface area contributed by atoms with Crippen LogP contribution in [0.25, 0.3) is 10.9 Å². The van der Waals surface area contributed by atoms with E-state index in [1.807, 2.05) is 0 Å². The van der Waals surface area contributed by atoms with Crippen LogP contribution in [-0.2, 0) is 4.74 Å². The van der Waals surface area contributed by atoms with Gasteiger partial charge in [-0.3, -0.25) is 4.79 Å². The van der Waals surface area contributed by atoms with Crippen LogP contribution >= 0.6 is 11.6 Å². The van der Waals surface area contributed by atoms with Crippen molar-refractivity contribution in [3.63, 3.8) is 0 Å². The van der Waals surface area contributed by atoms with E-state index in [4.69, 9.17) is 16.3 Å². The van der Waals surface area contributed by atoms with Crippen LogP contribution in [-0.4, -0.2) is 17.6 Å². The van der Waals surface area contributed by atoms with E-state index in [2.05, 4.69) is 4.98 Å². The molecule has 0 fully saturated rings. The third-order valence-corrected chi connectivity index (χ3v) is 3.10. The number of aromatic nitrogens is 1. The molecule has 4 nitrogen and oxygen atoms in total. The van der Waals surface area contributed by atoms with Gasteiger partial charge in [-0.05, 0) is 31.5 Å². The zero-order valence-electron chi connectivity index (χ0n) is 10.0. The molecule has 0 spiro atoms. The molecule has 1 aromatic heterocycles. The van der Waals surface area contributed by atoms with Crippen molar-refractivity contribution >= 4 is 28.5 Å². The van der Waals surface area contributed by atoms with Gasteiger partial charge in [0.1, 0.15) is 5.69 Å². The first-order valence-corrected chi connectivity index (χ1v) is 5.91. The van der Waals surface area contributed by atoms with Gasteiger partial charge >= 0.3 is 5.97 Å². The number of H-pyrrole nitrogens is 1. The summed E-state index contributed by atoms with van der Waals surface area (Å²) in [6, 6.07) is 4.55. The third kappa shape index (κ3) is 2.11. The second-order valence-electron chi connectivity index (χ2n) is 3.86. The lowest BCUT2D eigenvalue weighted by Crippen LogP contribution is -2.13. The number of carbonyl (C=O) groups excluding carboxylic acids is 1. The number of benzene rings is 1. The third-order valence-electron chi connectivity index (χ3n) is 2.69. The van der Waals surface area contributed by atoms with Crippen molar-refractivity contribution in [2.45, 2.75) is 13.8 Å². The number of nitrogens with one attached hydrogen (secondary N) is 1. The molecule has 0 saturated carbocycles. The minimum absolute atomic E-state index is 0.139. The van der Waals surface area contributed by atoms with E-state index >= 15 is 0 Å². The van der Waals surface area contributed by atoms with E-state index < -0.39 is 5.97 Å². The largest absolute Gasteiger partial charge is 0.461 e. The summed E-state index contributed by atoms with van der Waals surface area (Å²) >= 11 is 5.99. The minimum atomic E-state index is -0.545. The smallest absolute Gasteiger partial charge is 0.354 e. The molecule has 0 aliphatic carbocycles. The Balaban J connectivity index is 2.71. The molecule has 0 amide bonds. The first-order chi connectivity index (χ1) is 8.54. The summed E-state index contributed by atoms with van der Waals surface area (Å²) in [5, 5.41) is 1.05. The van der Waals surface area contributed by atoms with Crippen LogP contribution < -0.4 is 5.43 Å². The fraction of sp³-hybridized carbons (Fsp3) is 0.231. The number of aromatic amines is 1. The van der Waals surface area contributed by atoms with Crippen molar-refractivity contribution in [3.05, 3.63) is 44.7 Å². The molecular formula is C13H12ClNO3. The lowest BCUT2D eigenvalue weighted by molar-refractivity contribution is 0.0520. The van der Waals surface area contributed by atoms with Gasteiger partial charge in [0.15, 0.2) is 5.43 Å². The van der Waals surface area contributed by atoms with Crippen LogP contribution in [0.4, 0.5) is 0 Å². The van der Waals surface area contributed by atoms with Crippen molar-refractivity contribution < 1.29 is 9.53 Å². The van der Waals surface area contributed by atoms with E-state index in [0.717, 1.165) is 5.56 Å². The van der Waals surface area contributed by atoms with Crippen LogP contribution in [0, 0.1) is 6.92 Å². The number of hydrogen-bond donors (Lipinski definition) is 1. The molecule has 18 heavy (non-hydrogen) atoms. The SMILES string of the molecule is CCOC(=O)c1cc(=O)c2ccc(Cl)c(C)c2[nH]1. The average molecular weight is 266 g/mol. The maximum Gasteiger partial charge on any atom is 0.354 e. The van der Waals surface area contributed by atoms with Crippen molar-refractivity contribution in [2.24, 2.45) is 0 Å². The standard InChI is InChI=1S/C13H12ClNO3/c1-3-18-13(17)10-6-11(16)8-4-5-9(14)7(2)12(8)15-10/h4-6H,3H2,1-2H3,(H,15,16). The highest BCUT2D eigenvalue weighted by atomic mass is 35.5. The number of ether oxygens (including phenoxy) is 1. The van der Waals surface area contributed by atoms with E-state index in [9.17, 15) is 9.59 Å². The highest BCUT2D eigenvalue weighted by molar-refractivity contribution is 6.32. The van der Waals surface area contributed by atoms with Gasteiger partial charge in [0.2, 0.25) is 0 Å². The summed E-state index contributed by atoms with van der Waals surface area (Å²) < 4.78 is 4.86. The summed E-state index contributed by atoms with van der Waals surface area (Å²) in [5.41, 5.74) is 1.21. The summed E-state index contributed by atoms with van der Waals surface area (Å²) in [6.45, 7) is 3.75. The number of halogens is 1. The molecule has 0 unspecified atom stereocenters. The highest BCUT2D eigenvalue weighted by Gasteiger charge is 2.12. The summed E-state index contributed by atoms with van der Waals surface area (Å²) in [5.74, 6) is -0.545. The topological polar surface area (TPSA) is 59.2 Å². The Morgan fingerprint density at radius 2 is 2.17 bits per heavy atom. The van der Waals surface area contributed by atoms with Crippen LogP contribution in [0.3, 0.4) is 0 Å². The molecule has 2 aromatic rings. The molecule has 1 aromatic carbocycles. The Kier molecular flexibility index (Phi) is 3.39. The fourth-order valence-electron chi connectivity index (χ4n) is 1.75. The maximum absolute atomic E-state index is 11.9. The number of rotatable bonds is 2. The highest BCUT2D eigenvalue weighted by Crippen LogP contribution is 2.22. The molecule has 2 rings (SSSR count). The Morgan fingerprint density at radius 1 is 1.44 bits per heavy atom. The molecule has 1 N–H and O–H groups in total. The number of fused-ring (bicyclic) bond motifs is 1. The predicted molar refractivity (Wildman–Crippen MR) is 70.3 cm³/mol. The van der Waals surface area contributed by atoms with E-state index in [1.165, 1.54) is 6.07 Å². The quantitative estimate of drug-likeness (QED) is 0.850. The normalized spacial score (nSPS) is 10.6. The molecule has 94 valence electrons. The zero-order chi connectivity index (χ0) is 13.3. The van der Waals surface area contributed by atoms with Crippen LogP contribution in [0.2, 0.25) is 5.02 Å². The molecule has 0 atom stereocenters. The maximum atomic E-state index is 11.9. The summed E-state index contributed by atoms with van der Waals surface area (Å²) in [7, 11) is 0. The number of carbonyl (C=O) groups is 1. The van der Waals surface area contributed by atoms with E-state index in [-0.39, 0.29) is 17.7 Å². The van der Waals surface area contributed by atoms with Crippen LogP contribution in [0.15, 0.2) is 23.0 Å². The van der Waals surface area contributed by atoms with Gasteiger partial charge in [0.05, 0.1) is 12.1 Å². The van der Waals surface area contributed by atoms with Gasteiger partial charge in [-0.1, -0.05) is 11.6 Å². The summed E-state index contributed by atoms with van der Waals surface area (Å²) in [6.07, 6.45) is 0. The van der Waals surface area contributed by atoms with E-state index in [0.29, 0.717) is 15.9 Å². The molecule has 0 aliphatic rings. The molecule has 0 radical (unpaired) electrons. The number of pyridine rings is 1. The van der Waals surface area contributed by atoms with Crippen molar-refractivity contribution in [2.75, 3.05) is 6.61 Å². The van der Waals surface area contributed by atoms with Gasteiger partial charge in [-0.15, -0.1) is 0 Å². The Bertz CT molecular complexity index is 676. The molecule has 0 bridgehead atoms.